The number of benzene rings is 2. The van der Waals surface area contributed by atoms with Crippen molar-refractivity contribution in [3.8, 4) is 11.8 Å². The molecule has 2 amide bonds. The fraction of sp³-hybridized carbons (Fsp3) is 0.250. The summed E-state index contributed by atoms with van der Waals surface area (Å²) in [6, 6.07) is 10.6. The molecule has 1 heterocycles. The number of amides is 2. The van der Waals surface area contributed by atoms with E-state index in [1.54, 1.807) is 18.2 Å². The molecule has 0 aliphatic rings. The molecule has 1 aromatic heterocycles. The maximum absolute atomic E-state index is 13.1. The Hall–Kier alpha value is -3.60. The van der Waals surface area contributed by atoms with Gasteiger partial charge in [-0.3, -0.25) is 14.6 Å². The van der Waals surface area contributed by atoms with Crippen LogP contribution >= 0.6 is 11.6 Å². The van der Waals surface area contributed by atoms with Gasteiger partial charge in [0.1, 0.15) is 0 Å². The Morgan fingerprint density at radius 2 is 1.63 bits per heavy atom. The highest BCUT2D eigenvalue weighted by molar-refractivity contribution is 8.00. The lowest BCUT2D eigenvalue weighted by molar-refractivity contribution is -0.137. The molecule has 0 aliphatic carbocycles. The van der Waals surface area contributed by atoms with Gasteiger partial charge in [-0.25, -0.2) is 0 Å². The smallest absolute Gasteiger partial charge is 0.396 e. The van der Waals surface area contributed by atoms with E-state index in [4.69, 9.17) is 21.8 Å². The Bertz CT molecular complexity index is 1520. The van der Waals surface area contributed by atoms with Crippen LogP contribution in [0.4, 0.5) is 18.9 Å². The zero-order valence-electron chi connectivity index (χ0n) is 21.5. The molecule has 0 unspecified atom stereocenters. The van der Waals surface area contributed by atoms with Gasteiger partial charge >= 0.3 is 6.18 Å². The van der Waals surface area contributed by atoms with E-state index in [0.717, 1.165) is 6.07 Å². The normalized spacial score (nSPS) is 11.8. The summed E-state index contributed by atoms with van der Waals surface area (Å²) in [5.41, 5.74) is -0.113. The molecule has 4 N–H and O–H groups in total. The van der Waals surface area contributed by atoms with Crippen molar-refractivity contribution in [1.29, 1.82) is 0 Å². The number of nitrogens with one attached hydrogen (secondary N) is 1. The summed E-state index contributed by atoms with van der Waals surface area (Å²) in [5.74, 6) is 4.57. The number of carbonyl (C=O) groups excluding carboxylic acids is 2. The van der Waals surface area contributed by atoms with E-state index in [1.807, 2.05) is 0 Å². The van der Waals surface area contributed by atoms with E-state index in [9.17, 15) is 27.3 Å². The summed E-state index contributed by atoms with van der Waals surface area (Å²) < 4.78 is 54.3. The zero-order valence-corrected chi connectivity index (χ0v) is 23.2. The molecule has 8 nitrogen and oxygen atoms in total. The van der Waals surface area contributed by atoms with Gasteiger partial charge in [-0.1, -0.05) is 29.5 Å². The number of halogens is 4. The number of aliphatic hydroxyl groups excluding tert-OH is 2. The average molecular weight is 610 g/mol. The van der Waals surface area contributed by atoms with Crippen molar-refractivity contribution < 1.29 is 37.5 Å². The fourth-order valence-corrected chi connectivity index (χ4v) is 6.02. The predicted octanol–water partition coefficient (Wildman–Crippen LogP) is 4.85. The lowest BCUT2D eigenvalue weighted by Gasteiger charge is -2.22. The van der Waals surface area contributed by atoms with Crippen LogP contribution in [-0.2, 0) is 16.3 Å². The molecule has 0 radical (unpaired) electrons. The molecule has 0 bridgehead atoms. The summed E-state index contributed by atoms with van der Waals surface area (Å²) in [4.78, 5) is 29.3. The van der Waals surface area contributed by atoms with Gasteiger partial charge in [0.2, 0.25) is 0 Å². The van der Waals surface area contributed by atoms with E-state index < -0.39 is 38.7 Å². The third-order valence-electron chi connectivity index (χ3n) is 5.62. The van der Waals surface area contributed by atoms with Crippen molar-refractivity contribution in [1.82, 2.24) is 4.98 Å². The van der Waals surface area contributed by atoms with Gasteiger partial charge < -0.3 is 20.1 Å². The summed E-state index contributed by atoms with van der Waals surface area (Å²) in [5, 5.41) is 20.2. The van der Waals surface area contributed by atoms with Crippen molar-refractivity contribution in [2.45, 2.75) is 19.0 Å². The van der Waals surface area contributed by atoms with E-state index in [0.29, 0.717) is 22.9 Å². The zero-order chi connectivity index (χ0) is 30.0. The number of nitrogens with zero attached hydrogens (tertiary/aromatic N) is 2. The average Bonchev–Trinajstić information content (AvgIpc) is 2.94. The second kappa shape index (κ2) is 14.3. The molecule has 0 saturated carbocycles. The summed E-state index contributed by atoms with van der Waals surface area (Å²) in [6.07, 6.45) is -1.46. The van der Waals surface area contributed by atoms with Gasteiger partial charge in [-0.15, -0.1) is 10.1 Å². The Morgan fingerprint density at radius 3 is 2.29 bits per heavy atom. The van der Waals surface area contributed by atoms with Crippen molar-refractivity contribution >= 4 is 39.2 Å². The topological polar surface area (TPSA) is 132 Å². The van der Waals surface area contributed by atoms with E-state index in [-0.39, 0.29) is 48.7 Å². The minimum atomic E-state index is -4.71. The fourth-order valence-electron chi connectivity index (χ4n) is 3.62. The molecule has 0 spiro atoms. The van der Waals surface area contributed by atoms with Crippen LogP contribution in [0.15, 0.2) is 65.3 Å². The number of anilines is 1. The Labute approximate surface area is 240 Å². The van der Waals surface area contributed by atoms with Crippen molar-refractivity contribution in [2.24, 2.45) is 4.36 Å². The monoisotopic (exact) mass is 609 g/mol. The molecule has 3 aromatic rings. The number of carbonyl (C=O) groups is 2. The highest BCUT2D eigenvalue weighted by Gasteiger charge is 2.33. The molecule has 0 atom stereocenters. The first-order valence-corrected chi connectivity index (χ1v) is 14.7. The number of thiol groups is 1. The Morgan fingerprint density at radius 1 is 0.951 bits per heavy atom. The molecule has 3 rings (SSSR count). The first kappa shape index (κ1) is 31.9. The quantitative estimate of drug-likeness (QED) is 0.174. The van der Waals surface area contributed by atoms with Crippen LogP contribution in [0.25, 0.3) is 0 Å². The molecular weight excluding hydrogens is 583 g/mol. The van der Waals surface area contributed by atoms with Crippen LogP contribution in [0.3, 0.4) is 0 Å². The van der Waals surface area contributed by atoms with E-state index in [2.05, 4.69) is 26.5 Å². The van der Waals surface area contributed by atoms with Crippen LogP contribution in [0.5, 0.6) is 0 Å². The highest BCUT2D eigenvalue weighted by Crippen LogP contribution is 2.35. The second-order valence-corrected chi connectivity index (χ2v) is 12.1. The third kappa shape index (κ3) is 9.48. The van der Waals surface area contributed by atoms with Crippen molar-refractivity contribution in [3.63, 3.8) is 0 Å². The number of hydrogen-bond acceptors (Lipinski definition) is 5. The van der Waals surface area contributed by atoms with Crippen LogP contribution in [-0.4, -0.2) is 56.3 Å². The first-order chi connectivity index (χ1) is 19.4. The predicted molar refractivity (Wildman–Crippen MR) is 152 cm³/mol. The highest BCUT2D eigenvalue weighted by atomic mass is 35.5. The molecular formula is C28H27ClF3N3O5S. The number of rotatable bonds is 9. The number of aliphatic hydroxyl groups is 2. The Balaban J connectivity index is 1.78. The molecule has 218 valence electrons. The minimum absolute atomic E-state index is 0.102. The summed E-state index contributed by atoms with van der Waals surface area (Å²) in [6.45, 7) is -0.328. The lowest BCUT2D eigenvalue weighted by Crippen LogP contribution is -2.23. The van der Waals surface area contributed by atoms with Gasteiger partial charge in [-0.2, -0.15) is 17.5 Å². The second-order valence-electron chi connectivity index (χ2n) is 8.83. The summed E-state index contributed by atoms with van der Waals surface area (Å²) in [7, 11) is -3.06. The number of alkyl halides is 3. The SMILES string of the molecule is O=C(N=[SH](O)(CCCO)CCCO)c1cncc(C#Cc2cccc(NC(=O)c3ccc(Cl)c(C(F)(F)F)c3)c2)c1. The van der Waals surface area contributed by atoms with Gasteiger partial charge in [-0.05, 0) is 55.3 Å². The van der Waals surface area contributed by atoms with Gasteiger partial charge in [0.05, 0.1) is 16.1 Å². The van der Waals surface area contributed by atoms with Gasteiger partial charge in [0, 0.05) is 59.5 Å². The minimum Gasteiger partial charge on any atom is -0.396 e. The van der Waals surface area contributed by atoms with Crippen LogP contribution in [0.2, 0.25) is 5.02 Å². The Kier molecular flexibility index (Phi) is 11.2. The maximum atomic E-state index is 13.1. The molecule has 41 heavy (non-hydrogen) atoms. The molecule has 0 fully saturated rings. The third-order valence-corrected chi connectivity index (χ3v) is 8.56. The first-order valence-electron chi connectivity index (χ1n) is 12.3. The van der Waals surface area contributed by atoms with Crippen LogP contribution in [0.1, 0.15) is 50.2 Å². The molecule has 0 aliphatic heterocycles. The largest absolute Gasteiger partial charge is 0.417 e. The number of hydrogen-bond donors (Lipinski definition) is 5. The molecule has 2 aromatic carbocycles. The van der Waals surface area contributed by atoms with E-state index in [1.165, 1.54) is 30.6 Å². The van der Waals surface area contributed by atoms with Crippen molar-refractivity contribution in [2.75, 3.05) is 30.0 Å². The number of aromatic nitrogens is 1. The standard InChI is InChI=1S/C28H27ClF3N3O5S/c29-25-9-8-21(16-24(25)28(30,31)32)26(38)34-23-5-1-4-19(15-23)6-7-20-14-22(18-33-17-20)27(39)35-41(40,12-2-10-36)13-3-11-37/h1,4-5,8-9,14-18,36-37,41H,2-3,10-13H2,(H,34,38)(H,35,39,40). The molecule has 13 heteroatoms. The number of pyridine rings is 1. The van der Waals surface area contributed by atoms with Crippen LogP contribution < -0.4 is 5.32 Å². The van der Waals surface area contributed by atoms with Gasteiger partial charge in [0.25, 0.3) is 11.8 Å². The van der Waals surface area contributed by atoms with Crippen LogP contribution in [0, 0.1) is 11.8 Å². The maximum Gasteiger partial charge on any atom is 0.417 e. The van der Waals surface area contributed by atoms with E-state index >= 15 is 0 Å². The van der Waals surface area contributed by atoms with Gasteiger partial charge in [0.15, 0.2) is 0 Å². The summed E-state index contributed by atoms with van der Waals surface area (Å²) >= 11 is 5.62. The molecule has 0 saturated heterocycles. The van der Waals surface area contributed by atoms with Crippen molar-refractivity contribution in [3.05, 3.63) is 93.8 Å². The lowest BCUT2D eigenvalue weighted by atomic mass is 10.1.